The highest BCUT2D eigenvalue weighted by Crippen LogP contribution is 2.43. The summed E-state index contributed by atoms with van der Waals surface area (Å²) in [5.74, 6) is 0. The molecule has 2 aromatic rings. The molecule has 2 aromatic heterocycles. The van der Waals surface area contributed by atoms with Crippen LogP contribution in [0.5, 0.6) is 0 Å². The Morgan fingerprint density at radius 1 is 1.14 bits per heavy atom. The van der Waals surface area contributed by atoms with Crippen molar-refractivity contribution in [3.05, 3.63) is 53.6 Å². The minimum Gasteiger partial charge on any atom is -0.298 e. The van der Waals surface area contributed by atoms with E-state index < -0.39 is 21.9 Å². The zero-order valence-electron chi connectivity index (χ0n) is 15.1. The number of aromatic nitrogens is 2. The summed E-state index contributed by atoms with van der Waals surface area (Å²) < 4.78 is 65.1. The fourth-order valence-electron chi connectivity index (χ4n) is 3.95. The van der Waals surface area contributed by atoms with E-state index in [4.69, 9.17) is 0 Å². The van der Waals surface area contributed by atoms with Gasteiger partial charge in [-0.25, -0.2) is 13.4 Å². The zero-order chi connectivity index (χ0) is 20.2. The summed E-state index contributed by atoms with van der Waals surface area (Å²) in [7, 11) is -3.84. The van der Waals surface area contributed by atoms with Gasteiger partial charge in [0.15, 0.2) is 0 Å². The molecule has 0 amide bonds. The van der Waals surface area contributed by atoms with Crippen molar-refractivity contribution < 1.29 is 21.6 Å². The van der Waals surface area contributed by atoms with Crippen LogP contribution in [-0.2, 0) is 22.7 Å². The number of likely N-dealkylation sites (tertiary alicyclic amines) is 1. The fraction of sp³-hybridized carbons (Fsp3) is 0.444. The predicted molar refractivity (Wildman–Crippen MR) is 94.7 cm³/mol. The van der Waals surface area contributed by atoms with Crippen molar-refractivity contribution in [2.75, 3.05) is 26.2 Å². The Bertz CT molecular complexity index is 982. The lowest BCUT2D eigenvalue weighted by molar-refractivity contribution is -0.141. The van der Waals surface area contributed by atoms with Gasteiger partial charge in [0.2, 0.25) is 10.0 Å². The highest BCUT2D eigenvalue weighted by Gasteiger charge is 2.55. The number of pyridine rings is 2. The van der Waals surface area contributed by atoms with E-state index in [1.165, 1.54) is 11.2 Å². The van der Waals surface area contributed by atoms with Gasteiger partial charge in [0.1, 0.15) is 10.6 Å². The Kier molecular flexibility index (Phi) is 4.48. The summed E-state index contributed by atoms with van der Waals surface area (Å²) in [4.78, 5) is 9.58. The van der Waals surface area contributed by atoms with Crippen LogP contribution in [0.2, 0.25) is 0 Å². The van der Waals surface area contributed by atoms with Crippen molar-refractivity contribution >= 4 is 10.0 Å². The topological polar surface area (TPSA) is 66.4 Å². The van der Waals surface area contributed by atoms with E-state index in [1.807, 2.05) is 18.3 Å². The Morgan fingerprint density at radius 2 is 1.86 bits per heavy atom. The van der Waals surface area contributed by atoms with E-state index in [0.717, 1.165) is 31.3 Å². The molecule has 4 heterocycles. The van der Waals surface area contributed by atoms with E-state index in [9.17, 15) is 21.6 Å². The number of sulfonamides is 1. The summed E-state index contributed by atoms with van der Waals surface area (Å²) in [6.45, 7) is 4.38. The minimum absolute atomic E-state index is 0.0669. The molecule has 2 aliphatic rings. The maximum Gasteiger partial charge on any atom is 0.433 e. The van der Waals surface area contributed by atoms with Gasteiger partial charge in [-0.05, 0) is 30.7 Å². The third kappa shape index (κ3) is 3.40. The molecular formula is C18H19F3N4O2S. The number of rotatable bonds is 4. The average Bonchev–Trinajstić information content (AvgIpc) is 2.55. The number of alkyl halides is 3. The number of halogens is 3. The van der Waals surface area contributed by atoms with Crippen molar-refractivity contribution in [1.29, 1.82) is 0 Å². The molecule has 6 nitrogen and oxygen atoms in total. The lowest BCUT2D eigenvalue weighted by Gasteiger charge is -2.59. The molecule has 150 valence electrons. The van der Waals surface area contributed by atoms with E-state index in [0.29, 0.717) is 19.2 Å². The Morgan fingerprint density at radius 3 is 2.43 bits per heavy atom. The van der Waals surface area contributed by atoms with Crippen molar-refractivity contribution in [3.8, 4) is 0 Å². The molecule has 28 heavy (non-hydrogen) atoms. The molecule has 2 saturated heterocycles. The molecule has 2 aliphatic heterocycles. The van der Waals surface area contributed by atoms with Gasteiger partial charge in [-0.2, -0.15) is 17.5 Å². The molecule has 10 heteroatoms. The first-order valence-electron chi connectivity index (χ1n) is 8.75. The second kappa shape index (κ2) is 6.50. The SMILES string of the molecule is Cc1nc(C(F)(F)F)ccc1S(=O)(=O)N1CC2(CN(Cc3cccnc3)C2)C1. The number of hydrogen-bond acceptors (Lipinski definition) is 5. The standard InChI is InChI=1S/C18H19F3N4O2S/c1-13-15(4-5-16(23-13)18(19,20)21)28(26,27)25-11-17(12-25)9-24(10-17)8-14-3-2-6-22-7-14/h2-7H,8-12H2,1H3. The van der Waals surface area contributed by atoms with Gasteiger partial charge in [-0.3, -0.25) is 9.88 Å². The molecule has 0 unspecified atom stereocenters. The first kappa shape index (κ1) is 19.3. The molecule has 0 bridgehead atoms. The summed E-state index contributed by atoms with van der Waals surface area (Å²) in [5.41, 5.74) is -0.188. The highest BCUT2D eigenvalue weighted by atomic mass is 32.2. The quantitative estimate of drug-likeness (QED) is 0.771. The van der Waals surface area contributed by atoms with Crippen LogP contribution in [0.25, 0.3) is 0 Å². The highest BCUT2D eigenvalue weighted by molar-refractivity contribution is 7.89. The van der Waals surface area contributed by atoms with Crippen LogP contribution in [0.4, 0.5) is 13.2 Å². The zero-order valence-corrected chi connectivity index (χ0v) is 16.0. The van der Waals surface area contributed by atoms with Crippen molar-refractivity contribution in [2.45, 2.75) is 24.5 Å². The largest absolute Gasteiger partial charge is 0.433 e. The van der Waals surface area contributed by atoms with Gasteiger partial charge < -0.3 is 0 Å². The van der Waals surface area contributed by atoms with Crippen molar-refractivity contribution in [1.82, 2.24) is 19.2 Å². The molecule has 0 N–H and O–H groups in total. The van der Waals surface area contributed by atoms with E-state index in [2.05, 4.69) is 14.9 Å². The van der Waals surface area contributed by atoms with Gasteiger partial charge in [-0.1, -0.05) is 6.07 Å². The first-order chi connectivity index (χ1) is 13.1. The van der Waals surface area contributed by atoms with Crippen LogP contribution < -0.4 is 0 Å². The number of aryl methyl sites for hydroxylation is 1. The van der Waals surface area contributed by atoms with Crippen molar-refractivity contribution in [3.63, 3.8) is 0 Å². The van der Waals surface area contributed by atoms with Gasteiger partial charge >= 0.3 is 6.18 Å². The number of hydrogen-bond donors (Lipinski definition) is 0. The Hall–Kier alpha value is -2.04. The lowest BCUT2D eigenvalue weighted by atomic mass is 9.74. The van der Waals surface area contributed by atoms with Gasteiger partial charge in [-0.15, -0.1) is 0 Å². The summed E-state index contributed by atoms with van der Waals surface area (Å²) in [6, 6.07) is 5.59. The molecular weight excluding hydrogens is 393 g/mol. The second-order valence-electron chi connectivity index (χ2n) is 7.56. The Balaban J connectivity index is 1.39. The van der Waals surface area contributed by atoms with Crippen LogP contribution in [-0.4, -0.2) is 53.8 Å². The maximum absolute atomic E-state index is 12.8. The van der Waals surface area contributed by atoms with Gasteiger partial charge in [0, 0.05) is 50.5 Å². The molecule has 4 rings (SSSR count). The molecule has 0 aromatic carbocycles. The van der Waals surface area contributed by atoms with Gasteiger partial charge in [0.05, 0.1) is 5.69 Å². The second-order valence-corrected chi connectivity index (χ2v) is 9.46. The maximum atomic E-state index is 12.8. The molecule has 0 atom stereocenters. The minimum atomic E-state index is -4.60. The van der Waals surface area contributed by atoms with Crippen LogP contribution in [0.3, 0.4) is 0 Å². The molecule has 0 saturated carbocycles. The van der Waals surface area contributed by atoms with E-state index in [-0.39, 0.29) is 16.0 Å². The smallest absolute Gasteiger partial charge is 0.298 e. The van der Waals surface area contributed by atoms with Crippen LogP contribution >= 0.6 is 0 Å². The van der Waals surface area contributed by atoms with Crippen molar-refractivity contribution in [2.24, 2.45) is 5.41 Å². The van der Waals surface area contributed by atoms with Crippen LogP contribution in [0.1, 0.15) is 17.0 Å². The van der Waals surface area contributed by atoms with E-state index in [1.54, 1.807) is 6.20 Å². The first-order valence-corrected chi connectivity index (χ1v) is 10.2. The molecule has 2 fully saturated rings. The summed E-state index contributed by atoms with van der Waals surface area (Å²) in [5, 5.41) is 0. The summed E-state index contributed by atoms with van der Waals surface area (Å²) >= 11 is 0. The van der Waals surface area contributed by atoms with Crippen LogP contribution in [0.15, 0.2) is 41.6 Å². The average molecular weight is 412 g/mol. The number of nitrogens with zero attached hydrogens (tertiary/aromatic N) is 4. The monoisotopic (exact) mass is 412 g/mol. The van der Waals surface area contributed by atoms with E-state index >= 15 is 0 Å². The normalized spacial score (nSPS) is 20.0. The third-order valence-electron chi connectivity index (χ3n) is 5.22. The van der Waals surface area contributed by atoms with Crippen LogP contribution in [0, 0.1) is 12.3 Å². The fourth-order valence-corrected chi connectivity index (χ4v) is 5.78. The Labute approximate surface area is 161 Å². The predicted octanol–water partition coefficient (Wildman–Crippen LogP) is 2.31. The molecule has 1 spiro atoms. The summed E-state index contributed by atoms with van der Waals surface area (Å²) in [6.07, 6.45) is -1.08. The van der Waals surface area contributed by atoms with Gasteiger partial charge in [0.25, 0.3) is 0 Å². The third-order valence-corrected chi connectivity index (χ3v) is 7.14. The molecule has 0 radical (unpaired) electrons. The lowest BCUT2D eigenvalue weighted by Crippen LogP contribution is -2.72. The molecule has 0 aliphatic carbocycles.